The molecule has 0 aliphatic carbocycles. The van der Waals surface area contributed by atoms with E-state index in [0.717, 1.165) is 30.8 Å². The quantitative estimate of drug-likeness (QED) is 0.806. The SMILES string of the molecule is O=c1cc(O)nc2sc(N3CCN4CCC[C@H]4C3)nn12. The normalized spacial score (nSPS) is 23.4. The van der Waals surface area contributed by atoms with E-state index in [2.05, 4.69) is 19.9 Å². The molecule has 0 radical (unpaired) electrons. The van der Waals surface area contributed by atoms with Gasteiger partial charge in [0.1, 0.15) is 0 Å². The first-order valence-corrected chi connectivity index (χ1v) is 7.61. The summed E-state index contributed by atoms with van der Waals surface area (Å²) in [6.07, 6.45) is 2.51. The van der Waals surface area contributed by atoms with Gasteiger partial charge in [0.05, 0.1) is 6.07 Å². The molecule has 106 valence electrons. The zero-order chi connectivity index (χ0) is 13.7. The fraction of sp³-hybridized carbons (Fsp3) is 0.583. The second-order valence-corrected chi connectivity index (χ2v) is 6.24. The maximum Gasteiger partial charge on any atom is 0.279 e. The number of anilines is 1. The molecule has 0 spiro atoms. The fourth-order valence-electron chi connectivity index (χ4n) is 3.08. The second-order valence-electron chi connectivity index (χ2n) is 5.31. The molecule has 0 aromatic carbocycles. The van der Waals surface area contributed by atoms with Crippen molar-refractivity contribution in [1.29, 1.82) is 0 Å². The molecule has 1 atom stereocenters. The largest absolute Gasteiger partial charge is 0.493 e. The Bertz CT molecular complexity index is 711. The van der Waals surface area contributed by atoms with Crippen molar-refractivity contribution >= 4 is 21.4 Å². The van der Waals surface area contributed by atoms with Crippen molar-refractivity contribution in [2.75, 3.05) is 31.1 Å². The van der Waals surface area contributed by atoms with Gasteiger partial charge >= 0.3 is 0 Å². The van der Waals surface area contributed by atoms with Gasteiger partial charge in [-0.2, -0.15) is 9.50 Å². The Morgan fingerprint density at radius 1 is 1.35 bits per heavy atom. The van der Waals surface area contributed by atoms with Gasteiger partial charge in [-0.3, -0.25) is 9.69 Å². The van der Waals surface area contributed by atoms with Crippen LogP contribution in [0.2, 0.25) is 0 Å². The van der Waals surface area contributed by atoms with Crippen LogP contribution < -0.4 is 10.5 Å². The molecule has 7 nitrogen and oxygen atoms in total. The van der Waals surface area contributed by atoms with Gasteiger partial charge in [-0.05, 0) is 19.4 Å². The zero-order valence-corrected chi connectivity index (χ0v) is 11.7. The monoisotopic (exact) mass is 293 g/mol. The number of nitrogens with zero attached hydrogens (tertiary/aromatic N) is 5. The van der Waals surface area contributed by atoms with Crippen LogP contribution in [0.3, 0.4) is 0 Å². The van der Waals surface area contributed by atoms with E-state index in [1.165, 1.54) is 35.2 Å². The van der Waals surface area contributed by atoms with Gasteiger partial charge in [0.2, 0.25) is 16.0 Å². The van der Waals surface area contributed by atoms with Crippen LogP contribution in [0.4, 0.5) is 5.13 Å². The lowest BCUT2D eigenvalue weighted by atomic mass is 10.2. The molecular weight excluding hydrogens is 278 g/mol. The number of aromatic nitrogens is 3. The summed E-state index contributed by atoms with van der Waals surface area (Å²) in [7, 11) is 0. The third kappa shape index (κ3) is 1.87. The molecule has 2 fully saturated rings. The van der Waals surface area contributed by atoms with E-state index in [9.17, 15) is 9.90 Å². The van der Waals surface area contributed by atoms with Gasteiger partial charge in [0, 0.05) is 25.7 Å². The Morgan fingerprint density at radius 3 is 3.15 bits per heavy atom. The van der Waals surface area contributed by atoms with E-state index in [0.29, 0.717) is 11.0 Å². The molecule has 2 aromatic heterocycles. The van der Waals surface area contributed by atoms with Crippen LogP contribution >= 0.6 is 11.3 Å². The van der Waals surface area contributed by atoms with Crippen molar-refractivity contribution < 1.29 is 5.11 Å². The van der Waals surface area contributed by atoms with Crippen molar-refractivity contribution in [2.24, 2.45) is 0 Å². The first-order valence-electron chi connectivity index (χ1n) is 6.79. The maximum atomic E-state index is 11.8. The fourth-order valence-corrected chi connectivity index (χ4v) is 4.02. The third-order valence-corrected chi connectivity index (χ3v) is 5.05. The number of piperazine rings is 1. The second kappa shape index (κ2) is 4.42. The van der Waals surface area contributed by atoms with Crippen LogP contribution in [0.5, 0.6) is 5.88 Å². The average molecular weight is 293 g/mol. The summed E-state index contributed by atoms with van der Waals surface area (Å²) < 4.78 is 1.26. The summed E-state index contributed by atoms with van der Waals surface area (Å²) in [5, 5.41) is 14.5. The van der Waals surface area contributed by atoms with Crippen LogP contribution in [0.1, 0.15) is 12.8 Å². The van der Waals surface area contributed by atoms with Gasteiger partial charge in [-0.15, -0.1) is 5.10 Å². The number of rotatable bonds is 1. The molecule has 20 heavy (non-hydrogen) atoms. The smallest absolute Gasteiger partial charge is 0.279 e. The summed E-state index contributed by atoms with van der Waals surface area (Å²) in [5.74, 6) is -0.245. The molecule has 4 rings (SSSR count). The van der Waals surface area contributed by atoms with Crippen LogP contribution in [-0.4, -0.2) is 56.8 Å². The van der Waals surface area contributed by atoms with Gasteiger partial charge in [-0.25, -0.2) is 0 Å². The number of hydrogen-bond acceptors (Lipinski definition) is 7. The molecule has 1 N–H and O–H groups in total. The minimum absolute atomic E-state index is 0.245. The van der Waals surface area contributed by atoms with E-state index in [1.54, 1.807) is 0 Å². The predicted octanol–water partition coefficient (Wildman–Crippen LogP) is 0.141. The van der Waals surface area contributed by atoms with Crippen molar-refractivity contribution in [2.45, 2.75) is 18.9 Å². The molecule has 8 heteroatoms. The van der Waals surface area contributed by atoms with Gasteiger partial charge < -0.3 is 10.0 Å². The van der Waals surface area contributed by atoms with E-state index >= 15 is 0 Å². The molecule has 0 amide bonds. The zero-order valence-electron chi connectivity index (χ0n) is 10.9. The highest BCUT2D eigenvalue weighted by molar-refractivity contribution is 7.20. The molecule has 2 aliphatic rings. The molecule has 0 unspecified atom stereocenters. The minimum Gasteiger partial charge on any atom is -0.493 e. The van der Waals surface area contributed by atoms with E-state index < -0.39 is 0 Å². The Morgan fingerprint density at radius 2 is 2.25 bits per heavy atom. The first-order chi connectivity index (χ1) is 9.70. The Balaban J connectivity index is 1.68. The summed E-state index contributed by atoms with van der Waals surface area (Å²) in [6, 6.07) is 1.69. The van der Waals surface area contributed by atoms with Crippen molar-refractivity contribution in [3.8, 4) is 5.88 Å². The summed E-state index contributed by atoms with van der Waals surface area (Å²) in [5.41, 5.74) is -0.338. The highest BCUT2D eigenvalue weighted by Crippen LogP contribution is 2.28. The van der Waals surface area contributed by atoms with Crippen molar-refractivity contribution in [1.82, 2.24) is 19.5 Å². The molecule has 0 bridgehead atoms. The van der Waals surface area contributed by atoms with Crippen LogP contribution in [-0.2, 0) is 0 Å². The number of hydrogen-bond donors (Lipinski definition) is 1. The third-order valence-electron chi connectivity index (χ3n) is 4.08. The van der Waals surface area contributed by atoms with Gasteiger partial charge in [-0.1, -0.05) is 11.3 Å². The van der Waals surface area contributed by atoms with Gasteiger partial charge in [0.25, 0.3) is 5.56 Å². The van der Waals surface area contributed by atoms with E-state index in [4.69, 9.17) is 0 Å². The lowest BCUT2D eigenvalue weighted by molar-refractivity contribution is 0.230. The van der Waals surface area contributed by atoms with E-state index in [1.807, 2.05) is 0 Å². The summed E-state index contributed by atoms with van der Waals surface area (Å²) >= 11 is 1.35. The average Bonchev–Trinajstić information content (AvgIpc) is 3.03. The lowest BCUT2D eigenvalue weighted by Crippen LogP contribution is -2.50. The van der Waals surface area contributed by atoms with Crippen molar-refractivity contribution in [3.63, 3.8) is 0 Å². The Hall–Kier alpha value is -1.67. The molecular formula is C12H15N5O2S. The Kier molecular flexibility index (Phi) is 2.67. The van der Waals surface area contributed by atoms with Gasteiger partial charge in [0.15, 0.2) is 0 Å². The molecule has 2 aliphatic heterocycles. The molecule has 4 heterocycles. The summed E-state index contributed by atoms with van der Waals surface area (Å²) in [4.78, 5) is 20.9. The maximum absolute atomic E-state index is 11.8. The summed E-state index contributed by atoms with van der Waals surface area (Å²) in [6.45, 7) is 4.14. The number of fused-ring (bicyclic) bond motifs is 2. The van der Waals surface area contributed by atoms with Crippen LogP contribution in [0.25, 0.3) is 4.96 Å². The molecule has 2 aromatic rings. The van der Waals surface area contributed by atoms with Crippen LogP contribution in [0, 0.1) is 0 Å². The highest BCUT2D eigenvalue weighted by atomic mass is 32.1. The topological polar surface area (TPSA) is 74.0 Å². The number of aromatic hydroxyl groups is 1. The Labute approximate surface area is 119 Å². The minimum atomic E-state index is -0.338. The predicted molar refractivity (Wildman–Crippen MR) is 75.6 cm³/mol. The standard InChI is InChI=1S/C12H15N5O2S/c18-9-6-10(19)17-11(13-9)20-12(14-17)16-5-4-15-3-1-2-8(15)7-16/h6,8,18H,1-5,7H2/t8-/m0/s1. The first kappa shape index (κ1) is 12.1. The van der Waals surface area contributed by atoms with Crippen molar-refractivity contribution in [3.05, 3.63) is 16.4 Å². The highest BCUT2D eigenvalue weighted by Gasteiger charge is 2.31. The van der Waals surface area contributed by atoms with E-state index in [-0.39, 0.29) is 11.4 Å². The molecule has 2 saturated heterocycles. The lowest BCUT2D eigenvalue weighted by Gasteiger charge is -2.37. The molecule has 0 saturated carbocycles. The van der Waals surface area contributed by atoms with Crippen LogP contribution in [0.15, 0.2) is 10.9 Å².